The van der Waals surface area contributed by atoms with E-state index in [-0.39, 0.29) is 0 Å². The summed E-state index contributed by atoms with van der Waals surface area (Å²) in [5.74, 6) is 1.14. The molecular formula is C20H28O3S. The monoisotopic (exact) mass is 348 g/mol. The first-order valence-electron chi connectivity index (χ1n) is 8.19. The molecule has 0 aliphatic carbocycles. The van der Waals surface area contributed by atoms with Crippen molar-refractivity contribution in [3.63, 3.8) is 0 Å². The second kappa shape index (κ2) is 13.5. The summed E-state index contributed by atoms with van der Waals surface area (Å²) in [6.07, 6.45) is 2.03. The lowest BCUT2D eigenvalue weighted by Gasteiger charge is -2.09. The highest BCUT2D eigenvalue weighted by molar-refractivity contribution is 7.95. The maximum absolute atomic E-state index is 10.7. The predicted octanol–water partition coefficient (Wildman–Crippen LogP) is 6.34. The van der Waals surface area contributed by atoms with Gasteiger partial charge in [0, 0.05) is 10.5 Å². The first-order chi connectivity index (χ1) is 11.6. The molecule has 2 aromatic carbocycles. The van der Waals surface area contributed by atoms with Gasteiger partial charge in [0.25, 0.3) is 0 Å². The van der Waals surface area contributed by atoms with E-state index < -0.39 is 0 Å². The van der Waals surface area contributed by atoms with Crippen molar-refractivity contribution < 1.29 is 13.7 Å². The summed E-state index contributed by atoms with van der Waals surface area (Å²) < 4.78 is 10.8. The van der Waals surface area contributed by atoms with E-state index in [1.165, 1.54) is 24.0 Å². The third-order valence-electron chi connectivity index (χ3n) is 2.57. The summed E-state index contributed by atoms with van der Waals surface area (Å²) in [6.45, 7) is 10.3. The molecule has 0 unspecified atom stereocenters. The number of carbonyl (C=O) groups is 1. The van der Waals surface area contributed by atoms with E-state index in [0.29, 0.717) is 17.1 Å². The fourth-order valence-corrected chi connectivity index (χ4v) is 2.08. The Morgan fingerprint density at radius 1 is 1.00 bits per heavy atom. The molecule has 4 heteroatoms. The number of benzene rings is 2. The van der Waals surface area contributed by atoms with Gasteiger partial charge in [-0.25, -0.2) is 0 Å². The van der Waals surface area contributed by atoms with Crippen molar-refractivity contribution in [2.24, 2.45) is 0 Å². The van der Waals surface area contributed by atoms with Crippen LogP contribution in [0, 0.1) is 6.92 Å². The highest BCUT2D eigenvalue weighted by Gasteiger charge is 2.07. The van der Waals surface area contributed by atoms with Crippen molar-refractivity contribution in [1.29, 1.82) is 0 Å². The predicted molar refractivity (Wildman–Crippen MR) is 103 cm³/mol. The van der Waals surface area contributed by atoms with Gasteiger partial charge in [0.2, 0.25) is 0 Å². The number of rotatable bonds is 5. The van der Waals surface area contributed by atoms with Crippen LogP contribution in [0.4, 0.5) is 0 Å². The zero-order valence-electron chi connectivity index (χ0n) is 15.5. The smallest absolute Gasteiger partial charge is 0.179 e. The summed E-state index contributed by atoms with van der Waals surface area (Å²) >= 11 is 1.26. The molecule has 0 saturated heterocycles. The fourth-order valence-electron chi connectivity index (χ4n) is 1.51. The summed E-state index contributed by atoms with van der Waals surface area (Å²) in [7, 11) is 1.55. The van der Waals surface area contributed by atoms with Crippen LogP contribution >= 0.6 is 12.0 Å². The second-order valence-electron chi connectivity index (χ2n) is 4.71. The molecule has 3 nitrogen and oxygen atoms in total. The van der Waals surface area contributed by atoms with Crippen molar-refractivity contribution in [3.05, 3.63) is 53.6 Å². The van der Waals surface area contributed by atoms with Crippen LogP contribution in [0.25, 0.3) is 0 Å². The van der Waals surface area contributed by atoms with Crippen LogP contribution in [0.1, 0.15) is 50.0 Å². The van der Waals surface area contributed by atoms with Gasteiger partial charge in [0.15, 0.2) is 11.5 Å². The van der Waals surface area contributed by atoms with E-state index in [9.17, 15) is 4.79 Å². The van der Waals surface area contributed by atoms with Crippen molar-refractivity contribution in [2.75, 3.05) is 7.11 Å². The van der Waals surface area contributed by atoms with Gasteiger partial charge < -0.3 is 8.92 Å². The van der Waals surface area contributed by atoms with Gasteiger partial charge >= 0.3 is 0 Å². The maximum atomic E-state index is 10.7. The zero-order valence-corrected chi connectivity index (χ0v) is 16.3. The summed E-state index contributed by atoms with van der Waals surface area (Å²) in [5, 5.41) is 0. The molecule has 0 heterocycles. The summed E-state index contributed by atoms with van der Waals surface area (Å²) in [4.78, 5) is 11.7. The Bertz CT molecular complexity index is 580. The van der Waals surface area contributed by atoms with Crippen LogP contribution in [0.5, 0.6) is 11.5 Å². The number of hydrogen-bond donors (Lipinski definition) is 0. The molecule has 0 bridgehead atoms. The first kappa shape index (κ1) is 22.1. The standard InChI is InChI=1S/C15H14O3S.C3H8.C2H6/c1-11-3-6-13(7-4-11)19-18-14-8-5-12(10-16)9-15(14)17-2;1-3-2;1-2/h3-10H,1-2H3;3H2,1-2H3;1-2H3. The molecule has 0 N–H and O–H groups in total. The van der Waals surface area contributed by atoms with E-state index in [4.69, 9.17) is 8.92 Å². The molecule has 0 spiro atoms. The maximum Gasteiger partial charge on any atom is 0.179 e. The molecule has 0 aromatic heterocycles. The van der Waals surface area contributed by atoms with Crippen LogP contribution in [0.15, 0.2) is 47.4 Å². The number of ether oxygens (including phenoxy) is 1. The number of aryl methyl sites for hydroxylation is 1. The van der Waals surface area contributed by atoms with Crippen molar-refractivity contribution in [2.45, 2.75) is 45.9 Å². The quantitative estimate of drug-likeness (QED) is 0.466. The topological polar surface area (TPSA) is 35.5 Å². The van der Waals surface area contributed by atoms with E-state index in [1.54, 1.807) is 25.3 Å². The Morgan fingerprint density at radius 3 is 2.08 bits per heavy atom. The van der Waals surface area contributed by atoms with Crippen LogP contribution in [-0.2, 0) is 0 Å². The Hall–Kier alpha value is -1.94. The van der Waals surface area contributed by atoms with Crippen LogP contribution < -0.4 is 8.92 Å². The van der Waals surface area contributed by atoms with Crippen LogP contribution in [0.3, 0.4) is 0 Å². The SMILES string of the molecule is CC.CCC.COc1cc(C=O)ccc1OSc1ccc(C)cc1. The molecule has 0 amide bonds. The molecule has 0 fully saturated rings. The van der Waals surface area contributed by atoms with E-state index in [0.717, 1.165) is 11.2 Å². The number of hydrogen-bond acceptors (Lipinski definition) is 4. The van der Waals surface area contributed by atoms with Crippen molar-refractivity contribution in [3.8, 4) is 11.5 Å². The van der Waals surface area contributed by atoms with Gasteiger partial charge in [-0.2, -0.15) is 0 Å². The normalized spacial score (nSPS) is 8.92. The molecule has 0 atom stereocenters. The largest absolute Gasteiger partial charge is 0.493 e. The highest BCUT2D eigenvalue weighted by atomic mass is 32.2. The molecule has 0 aliphatic heterocycles. The van der Waals surface area contributed by atoms with E-state index >= 15 is 0 Å². The summed E-state index contributed by atoms with van der Waals surface area (Å²) in [5.41, 5.74) is 1.77. The van der Waals surface area contributed by atoms with Gasteiger partial charge in [-0.05, 0) is 37.3 Å². The number of carbonyl (C=O) groups excluding carboxylic acids is 1. The average molecular weight is 349 g/mol. The molecule has 0 aliphatic rings. The van der Waals surface area contributed by atoms with Gasteiger partial charge in [-0.3, -0.25) is 4.79 Å². The minimum atomic E-state index is 0.546. The molecule has 24 heavy (non-hydrogen) atoms. The van der Waals surface area contributed by atoms with Crippen molar-refractivity contribution in [1.82, 2.24) is 0 Å². The zero-order chi connectivity index (χ0) is 18.4. The molecule has 132 valence electrons. The Kier molecular flexibility index (Phi) is 12.4. The molecular weight excluding hydrogens is 320 g/mol. The molecule has 0 radical (unpaired) electrons. The van der Waals surface area contributed by atoms with Crippen LogP contribution in [-0.4, -0.2) is 13.4 Å². The van der Waals surface area contributed by atoms with E-state index in [2.05, 4.69) is 13.8 Å². The Morgan fingerprint density at radius 2 is 1.58 bits per heavy atom. The minimum absolute atomic E-state index is 0.546. The molecule has 2 aromatic rings. The Labute approximate surface area is 150 Å². The van der Waals surface area contributed by atoms with Crippen molar-refractivity contribution >= 4 is 18.3 Å². The lowest BCUT2D eigenvalue weighted by Crippen LogP contribution is -1.91. The fraction of sp³-hybridized carbons (Fsp3) is 0.350. The highest BCUT2D eigenvalue weighted by Crippen LogP contribution is 2.32. The third-order valence-corrected chi connectivity index (χ3v) is 3.30. The minimum Gasteiger partial charge on any atom is -0.493 e. The van der Waals surface area contributed by atoms with Gasteiger partial charge in [0.1, 0.15) is 6.29 Å². The van der Waals surface area contributed by atoms with Crippen LogP contribution in [0.2, 0.25) is 0 Å². The van der Waals surface area contributed by atoms with Gasteiger partial charge in [-0.1, -0.05) is 51.8 Å². The van der Waals surface area contributed by atoms with Gasteiger partial charge in [0.05, 0.1) is 19.2 Å². The lowest BCUT2D eigenvalue weighted by molar-refractivity contribution is 0.112. The number of methoxy groups -OCH3 is 1. The number of aldehydes is 1. The lowest BCUT2D eigenvalue weighted by atomic mass is 10.2. The molecule has 2 rings (SSSR count). The Balaban J connectivity index is 0.000000952. The molecule has 0 saturated carbocycles. The average Bonchev–Trinajstić information content (AvgIpc) is 2.63. The third kappa shape index (κ3) is 8.06. The first-order valence-corrected chi connectivity index (χ1v) is 8.93. The summed E-state index contributed by atoms with van der Waals surface area (Å²) in [6, 6.07) is 13.1. The second-order valence-corrected chi connectivity index (χ2v) is 5.52. The van der Waals surface area contributed by atoms with Gasteiger partial charge in [-0.15, -0.1) is 0 Å². The van der Waals surface area contributed by atoms with E-state index in [1.807, 2.05) is 45.0 Å².